The van der Waals surface area contributed by atoms with Crippen LogP contribution in [-0.2, 0) is 9.53 Å². The second kappa shape index (κ2) is 6.48. The fourth-order valence-electron chi connectivity index (χ4n) is 1.73. The van der Waals surface area contributed by atoms with Gasteiger partial charge >= 0.3 is 0 Å². The van der Waals surface area contributed by atoms with Crippen molar-refractivity contribution in [2.45, 2.75) is 44.6 Å². The van der Waals surface area contributed by atoms with E-state index in [1.54, 1.807) is 0 Å². The molecule has 0 spiro atoms. The predicted molar refractivity (Wildman–Crippen MR) is 64.2 cm³/mol. The normalized spacial score (nSPS) is 19.9. The number of rotatable bonds is 5. The Morgan fingerprint density at radius 2 is 2.07 bits per heavy atom. The van der Waals surface area contributed by atoms with Crippen molar-refractivity contribution >= 4 is 21.8 Å². The van der Waals surface area contributed by atoms with E-state index in [4.69, 9.17) is 4.74 Å². The SMILES string of the molecule is CC1(NC(=O)CCCCBr)CCOCC1. The summed E-state index contributed by atoms with van der Waals surface area (Å²) in [5.41, 5.74) is -0.0380. The van der Waals surface area contributed by atoms with Crippen molar-refractivity contribution in [1.29, 1.82) is 0 Å². The van der Waals surface area contributed by atoms with Crippen molar-refractivity contribution in [2.75, 3.05) is 18.5 Å². The van der Waals surface area contributed by atoms with Gasteiger partial charge in [-0.3, -0.25) is 4.79 Å². The van der Waals surface area contributed by atoms with Gasteiger partial charge in [0.2, 0.25) is 5.91 Å². The van der Waals surface area contributed by atoms with Crippen LogP contribution >= 0.6 is 15.9 Å². The summed E-state index contributed by atoms with van der Waals surface area (Å²) < 4.78 is 5.29. The maximum atomic E-state index is 11.6. The first-order valence-corrected chi connectivity index (χ1v) is 6.73. The van der Waals surface area contributed by atoms with Crippen LogP contribution in [-0.4, -0.2) is 30.0 Å². The highest BCUT2D eigenvalue weighted by Gasteiger charge is 2.28. The molecule has 0 bridgehead atoms. The Balaban J connectivity index is 2.23. The number of ether oxygens (including phenoxy) is 1. The molecular formula is C11H20BrNO2. The lowest BCUT2D eigenvalue weighted by Crippen LogP contribution is -2.49. The highest BCUT2D eigenvalue weighted by Crippen LogP contribution is 2.19. The largest absolute Gasteiger partial charge is 0.381 e. The molecule has 1 fully saturated rings. The molecule has 1 amide bonds. The summed E-state index contributed by atoms with van der Waals surface area (Å²) in [5.74, 6) is 0.181. The average Bonchev–Trinajstić information content (AvgIpc) is 2.18. The molecule has 4 heteroatoms. The Labute approximate surface area is 100 Å². The highest BCUT2D eigenvalue weighted by molar-refractivity contribution is 9.09. The van der Waals surface area contributed by atoms with E-state index in [9.17, 15) is 4.79 Å². The monoisotopic (exact) mass is 277 g/mol. The molecule has 1 aliphatic rings. The van der Waals surface area contributed by atoms with Crippen molar-refractivity contribution in [2.24, 2.45) is 0 Å². The predicted octanol–water partition coefficient (Wildman–Crippen LogP) is 2.24. The molecule has 3 nitrogen and oxygen atoms in total. The minimum Gasteiger partial charge on any atom is -0.381 e. The Hall–Kier alpha value is -0.0900. The molecule has 0 aromatic rings. The van der Waals surface area contributed by atoms with Crippen LogP contribution < -0.4 is 5.32 Å². The molecule has 15 heavy (non-hydrogen) atoms. The molecule has 0 aliphatic carbocycles. The van der Waals surface area contributed by atoms with Gasteiger partial charge in [-0.2, -0.15) is 0 Å². The minimum atomic E-state index is -0.0380. The van der Waals surface area contributed by atoms with Crippen LogP contribution in [0.4, 0.5) is 0 Å². The zero-order valence-electron chi connectivity index (χ0n) is 9.35. The molecule has 1 saturated heterocycles. The van der Waals surface area contributed by atoms with E-state index in [1.165, 1.54) is 0 Å². The lowest BCUT2D eigenvalue weighted by molar-refractivity contribution is -0.124. The number of alkyl halides is 1. The molecule has 0 radical (unpaired) electrons. The summed E-state index contributed by atoms with van der Waals surface area (Å²) >= 11 is 3.36. The van der Waals surface area contributed by atoms with E-state index in [0.29, 0.717) is 6.42 Å². The molecule has 88 valence electrons. The van der Waals surface area contributed by atoms with Crippen LogP contribution in [0.1, 0.15) is 39.0 Å². The first-order valence-electron chi connectivity index (χ1n) is 5.61. The van der Waals surface area contributed by atoms with Gasteiger partial charge in [-0.15, -0.1) is 0 Å². The maximum absolute atomic E-state index is 11.6. The van der Waals surface area contributed by atoms with Gasteiger partial charge in [0, 0.05) is 30.5 Å². The van der Waals surface area contributed by atoms with Gasteiger partial charge in [-0.1, -0.05) is 15.9 Å². The Kier molecular flexibility index (Phi) is 5.61. The Morgan fingerprint density at radius 1 is 1.40 bits per heavy atom. The summed E-state index contributed by atoms with van der Waals surface area (Å²) in [4.78, 5) is 11.6. The van der Waals surface area contributed by atoms with E-state index >= 15 is 0 Å². The standard InChI is InChI=1S/C11H20BrNO2/c1-11(5-8-15-9-6-11)13-10(14)4-2-3-7-12/h2-9H2,1H3,(H,13,14). The first-order chi connectivity index (χ1) is 7.16. The summed E-state index contributed by atoms with van der Waals surface area (Å²) in [6.45, 7) is 3.63. The zero-order chi connectivity index (χ0) is 11.1. The van der Waals surface area contributed by atoms with Gasteiger partial charge in [-0.05, 0) is 32.6 Å². The van der Waals surface area contributed by atoms with Crippen LogP contribution in [0.25, 0.3) is 0 Å². The molecular weight excluding hydrogens is 258 g/mol. The molecule has 0 aromatic heterocycles. The first kappa shape index (κ1) is 13.0. The van der Waals surface area contributed by atoms with E-state index in [-0.39, 0.29) is 11.4 Å². The van der Waals surface area contributed by atoms with Crippen molar-refractivity contribution in [3.05, 3.63) is 0 Å². The molecule has 1 N–H and O–H groups in total. The third-order valence-corrected chi connectivity index (χ3v) is 3.39. The van der Waals surface area contributed by atoms with Crippen molar-refractivity contribution in [3.63, 3.8) is 0 Å². The number of unbranched alkanes of at least 4 members (excludes halogenated alkanes) is 1. The molecule has 0 unspecified atom stereocenters. The molecule has 1 rings (SSSR count). The van der Waals surface area contributed by atoms with Crippen molar-refractivity contribution < 1.29 is 9.53 Å². The van der Waals surface area contributed by atoms with Crippen LogP contribution in [0.2, 0.25) is 0 Å². The molecule has 0 atom stereocenters. The fraction of sp³-hybridized carbons (Fsp3) is 0.909. The summed E-state index contributed by atoms with van der Waals surface area (Å²) in [6, 6.07) is 0. The third kappa shape index (κ3) is 4.98. The van der Waals surface area contributed by atoms with Gasteiger partial charge in [0.25, 0.3) is 0 Å². The average molecular weight is 278 g/mol. The van der Waals surface area contributed by atoms with E-state index in [0.717, 1.165) is 44.2 Å². The van der Waals surface area contributed by atoms with Gasteiger partial charge in [0.1, 0.15) is 0 Å². The number of carbonyl (C=O) groups is 1. The molecule has 0 saturated carbocycles. The van der Waals surface area contributed by atoms with Crippen LogP contribution in [0, 0.1) is 0 Å². The van der Waals surface area contributed by atoms with Gasteiger partial charge in [-0.25, -0.2) is 0 Å². The Bertz CT molecular complexity index is 203. The second-order valence-corrected chi connectivity index (χ2v) is 5.16. The van der Waals surface area contributed by atoms with Gasteiger partial charge in [0.05, 0.1) is 0 Å². The number of halogens is 1. The number of amides is 1. The smallest absolute Gasteiger partial charge is 0.220 e. The zero-order valence-corrected chi connectivity index (χ0v) is 10.9. The van der Waals surface area contributed by atoms with Crippen LogP contribution in [0.15, 0.2) is 0 Å². The molecule has 0 aromatic carbocycles. The van der Waals surface area contributed by atoms with E-state index in [1.807, 2.05) is 0 Å². The summed E-state index contributed by atoms with van der Waals surface area (Å²) in [5, 5.41) is 4.10. The highest BCUT2D eigenvalue weighted by atomic mass is 79.9. The number of carbonyl (C=O) groups excluding carboxylic acids is 1. The van der Waals surface area contributed by atoms with Gasteiger partial charge < -0.3 is 10.1 Å². The Morgan fingerprint density at radius 3 is 2.67 bits per heavy atom. The minimum absolute atomic E-state index is 0.0380. The summed E-state index contributed by atoms with van der Waals surface area (Å²) in [7, 11) is 0. The number of hydrogen-bond donors (Lipinski definition) is 1. The third-order valence-electron chi connectivity index (χ3n) is 2.83. The van der Waals surface area contributed by atoms with Crippen molar-refractivity contribution in [3.8, 4) is 0 Å². The van der Waals surface area contributed by atoms with Crippen molar-refractivity contribution in [1.82, 2.24) is 5.32 Å². The second-order valence-electron chi connectivity index (χ2n) is 4.37. The van der Waals surface area contributed by atoms with Gasteiger partial charge in [0.15, 0.2) is 0 Å². The fourth-order valence-corrected chi connectivity index (χ4v) is 2.12. The lowest BCUT2D eigenvalue weighted by atomic mass is 9.92. The number of hydrogen-bond acceptors (Lipinski definition) is 2. The quantitative estimate of drug-likeness (QED) is 0.618. The number of nitrogens with one attached hydrogen (secondary N) is 1. The van der Waals surface area contributed by atoms with E-state index in [2.05, 4.69) is 28.2 Å². The topological polar surface area (TPSA) is 38.3 Å². The van der Waals surface area contributed by atoms with E-state index < -0.39 is 0 Å². The molecule has 1 heterocycles. The van der Waals surface area contributed by atoms with Crippen LogP contribution in [0.3, 0.4) is 0 Å². The lowest BCUT2D eigenvalue weighted by Gasteiger charge is -2.34. The maximum Gasteiger partial charge on any atom is 0.220 e. The van der Waals surface area contributed by atoms with Crippen LogP contribution in [0.5, 0.6) is 0 Å². The summed E-state index contributed by atoms with van der Waals surface area (Å²) in [6.07, 6.45) is 4.52. The molecule has 1 aliphatic heterocycles.